The minimum Gasteiger partial charge on any atom is -0.454 e. The standard InChI is InChI=1S/C18H15F3O3/c1-2-12-3-5-13(6-4-12)16(22)11-24-17(23)14-7-9-15(10-8-14)18(19,20)21/h3-10H,2,11H2,1H3. The van der Waals surface area contributed by atoms with Crippen molar-refractivity contribution in [3.63, 3.8) is 0 Å². The number of esters is 1. The molecule has 0 fully saturated rings. The van der Waals surface area contributed by atoms with Crippen molar-refractivity contribution in [1.82, 2.24) is 0 Å². The average Bonchev–Trinajstić information content (AvgIpc) is 2.58. The zero-order chi connectivity index (χ0) is 17.7. The van der Waals surface area contributed by atoms with Crippen molar-refractivity contribution < 1.29 is 27.5 Å². The van der Waals surface area contributed by atoms with Crippen molar-refractivity contribution in [2.45, 2.75) is 19.5 Å². The van der Waals surface area contributed by atoms with Crippen LogP contribution in [0.5, 0.6) is 0 Å². The molecule has 0 aliphatic carbocycles. The quantitative estimate of drug-likeness (QED) is 0.604. The predicted octanol–water partition coefficient (Wildman–Crippen LogP) is 4.31. The summed E-state index contributed by atoms with van der Waals surface area (Å²) >= 11 is 0. The maximum Gasteiger partial charge on any atom is 0.416 e. The number of ketones is 1. The van der Waals surface area contributed by atoms with E-state index in [4.69, 9.17) is 4.74 Å². The Balaban J connectivity index is 1.95. The molecule has 0 saturated heterocycles. The Morgan fingerprint density at radius 1 is 0.917 bits per heavy atom. The van der Waals surface area contributed by atoms with Gasteiger partial charge in [-0.2, -0.15) is 13.2 Å². The van der Waals surface area contributed by atoms with Crippen molar-refractivity contribution in [1.29, 1.82) is 0 Å². The van der Waals surface area contributed by atoms with E-state index in [-0.39, 0.29) is 11.3 Å². The van der Waals surface area contributed by atoms with E-state index in [2.05, 4.69) is 0 Å². The van der Waals surface area contributed by atoms with E-state index < -0.39 is 24.3 Å². The second-order valence-corrected chi connectivity index (χ2v) is 5.12. The SMILES string of the molecule is CCc1ccc(C(=O)COC(=O)c2ccc(C(F)(F)F)cc2)cc1. The fourth-order valence-electron chi connectivity index (χ4n) is 2.02. The van der Waals surface area contributed by atoms with E-state index in [1.165, 1.54) is 0 Å². The van der Waals surface area contributed by atoms with Gasteiger partial charge in [0.25, 0.3) is 0 Å². The van der Waals surface area contributed by atoms with Crippen LogP contribution in [0.15, 0.2) is 48.5 Å². The summed E-state index contributed by atoms with van der Waals surface area (Å²) in [5.41, 5.74) is 0.587. The molecular weight excluding hydrogens is 321 g/mol. The average molecular weight is 336 g/mol. The Labute approximate surface area is 137 Å². The zero-order valence-electron chi connectivity index (χ0n) is 12.9. The lowest BCUT2D eigenvalue weighted by Gasteiger charge is -2.08. The monoisotopic (exact) mass is 336 g/mol. The van der Waals surface area contributed by atoms with Gasteiger partial charge in [-0.1, -0.05) is 31.2 Å². The van der Waals surface area contributed by atoms with E-state index in [1.807, 2.05) is 19.1 Å². The first-order valence-electron chi connectivity index (χ1n) is 7.27. The van der Waals surface area contributed by atoms with Crippen LogP contribution < -0.4 is 0 Å². The van der Waals surface area contributed by atoms with Gasteiger partial charge in [-0.15, -0.1) is 0 Å². The molecule has 0 heterocycles. The maximum absolute atomic E-state index is 12.5. The summed E-state index contributed by atoms with van der Waals surface area (Å²) in [6, 6.07) is 10.5. The third-order valence-electron chi connectivity index (χ3n) is 3.47. The lowest BCUT2D eigenvalue weighted by Crippen LogP contribution is -2.14. The molecule has 2 aromatic carbocycles. The topological polar surface area (TPSA) is 43.4 Å². The number of carbonyl (C=O) groups excluding carboxylic acids is 2. The summed E-state index contributed by atoms with van der Waals surface area (Å²) in [7, 11) is 0. The normalized spacial score (nSPS) is 11.2. The molecule has 0 unspecified atom stereocenters. The fraction of sp³-hybridized carbons (Fsp3) is 0.222. The molecule has 2 aromatic rings. The molecule has 0 amide bonds. The number of benzene rings is 2. The molecule has 3 nitrogen and oxygen atoms in total. The first kappa shape index (κ1) is 17.7. The molecule has 0 aliphatic heterocycles. The Morgan fingerprint density at radius 2 is 1.46 bits per heavy atom. The number of halogens is 3. The van der Waals surface area contributed by atoms with Gasteiger partial charge in [-0.3, -0.25) is 4.79 Å². The van der Waals surface area contributed by atoms with Crippen LogP contribution in [-0.4, -0.2) is 18.4 Å². The highest BCUT2D eigenvalue weighted by molar-refractivity contribution is 5.99. The van der Waals surface area contributed by atoms with Crippen LogP contribution in [0.25, 0.3) is 0 Å². The molecule has 0 spiro atoms. The highest BCUT2D eigenvalue weighted by Gasteiger charge is 2.30. The molecule has 2 rings (SSSR count). The summed E-state index contributed by atoms with van der Waals surface area (Å²) in [5, 5.41) is 0. The first-order valence-corrected chi connectivity index (χ1v) is 7.27. The van der Waals surface area contributed by atoms with Gasteiger partial charge in [0.05, 0.1) is 11.1 Å². The largest absolute Gasteiger partial charge is 0.454 e. The highest BCUT2D eigenvalue weighted by atomic mass is 19.4. The molecule has 24 heavy (non-hydrogen) atoms. The van der Waals surface area contributed by atoms with Crippen LogP contribution in [0.2, 0.25) is 0 Å². The summed E-state index contributed by atoms with van der Waals surface area (Å²) < 4.78 is 42.2. The van der Waals surface area contributed by atoms with Gasteiger partial charge < -0.3 is 4.74 Å². The van der Waals surface area contributed by atoms with Gasteiger partial charge in [-0.05, 0) is 36.2 Å². The zero-order valence-corrected chi connectivity index (χ0v) is 12.9. The number of hydrogen-bond donors (Lipinski definition) is 0. The lowest BCUT2D eigenvalue weighted by atomic mass is 10.1. The van der Waals surface area contributed by atoms with Crippen molar-refractivity contribution in [3.05, 3.63) is 70.8 Å². The maximum atomic E-state index is 12.5. The van der Waals surface area contributed by atoms with Crippen molar-refractivity contribution in [2.24, 2.45) is 0 Å². The van der Waals surface area contributed by atoms with Crippen LogP contribution in [0.1, 0.15) is 38.8 Å². The molecule has 0 bridgehead atoms. The number of alkyl halides is 3. The molecule has 0 atom stereocenters. The highest BCUT2D eigenvalue weighted by Crippen LogP contribution is 2.29. The molecule has 0 aromatic heterocycles. The number of Topliss-reactive ketones (excluding diaryl/α,β-unsaturated/α-hetero) is 1. The Bertz CT molecular complexity index is 717. The van der Waals surface area contributed by atoms with Crippen LogP contribution in [0.4, 0.5) is 13.2 Å². The predicted molar refractivity (Wildman–Crippen MR) is 81.9 cm³/mol. The molecule has 0 N–H and O–H groups in total. The summed E-state index contributed by atoms with van der Waals surface area (Å²) in [4.78, 5) is 23.7. The van der Waals surface area contributed by atoms with E-state index in [9.17, 15) is 22.8 Å². The first-order chi connectivity index (χ1) is 11.3. The summed E-state index contributed by atoms with van der Waals surface area (Å²) in [6.45, 7) is 1.52. The van der Waals surface area contributed by atoms with Gasteiger partial charge in [0.15, 0.2) is 12.4 Å². The fourth-order valence-corrected chi connectivity index (χ4v) is 2.02. The number of hydrogen-bond acceptors (Lipinski definition) is 3. The number of carbonyl (C=O) groups is 2. The third kappa shape index (κ3) is 4.44. The molecule has 0 saturated carbocycles. The molecular formula is C18H15F3O3. The van der Waals surface area contributed by atoms with Gasteiger partial charge in [-0.25, -0.2) is 4.79 Å². The van der Waals surface area contributed by atoms with Gasteiger partial charge in [0.1, 0.15) is 0 Å². The molecule has 0 radical (unpaired) electrons. The Hall–Kier alpha value is -2.63. The van der Waals surface area contributed by atoms with Crippen molar-refractivity contribution >= 4 is 11.8 Å². The van der Waals surface area contributed by atoms with E-state index >= 15 is 0 Å². The Kier molecular flexibility index (Phi) is 5.39. The van der Waals surface area contributed by atoms with Gasteiger partial charge in [0, 0.05) is 5.56 Å². The minimum atomic E-state index is -4.47. The number of aryl methyl sites for hydroxylation is 1. The van der Waals surface area contributed by atoms with Crippen LogP contribution >= 0.6 is 0 Å². The summed E-state index contributed by atoms with van der Waals surface area (Å²) in [5.74, 6) is -1.22. The van der Waals surface area contributed by atoms with Crippen molar-refractivity contribution in [2.75, 3.05) is 6.61 Å². The van der Waals surface area contributed by atoms with Gasteiger partial charge in [0.2, 0.25) is 0 Å². The number of rotatable bonds is 5. The van der Waals surface area contributed by atoms with Gasteiger partial charge >= 0.3 is 12.1 Å². The summed E-state index contributed by atoms with van der Waals surface area (Å²) in [6.07, 6.45) is -3.62. The third-order valence-corrected chi connectivity index (χ3v) is 3.47. The van der Waals surface area contributed by atoms with Crippen LogP contribution in [-0.2, 0) is 17.3 Å². The van der Waals surface area contributed by atoms with E-state index in [0.717, 1.165) is 36.2 Å². The lowest BCUT2D eigenvalue weighted by molar-refractivity contribution is -0.137. The molecule has 6 heteroatoms. The smallest absolute Gasteiger partial charge is 0.416 e. The second-order valence-electron chi connectivity index (χ2n) is 5.12. The molecule has 0 aliphatic rings. The second kappa shape index (κ2) is 7.29. The van der Waals surface area contributed by atoms with Crippen LogP contribution in [0, 0.1) is 0 Å². The molecule has 126 valence electrons. The van der Waals surface area contributed by atoms with Crippen molar-refractivity contribution in [3.8, 4) is 0 Å². The number of ether oxygens (including phenoxy) is 1. The Morgan fingerprint density at radius 3 is 1.96 bits per heavy atom. The van der Waals surface area contributed by atoms with Crippen LogP contribution in [0.3, 0.4) is 0 Å². The van der Waals surface area contributed by atoms with E-state index in [1.54, 1.807) is 12.1 Å². The minimum absolute atomic E-state index is 0.0443. The van der Waals surface area contributed by atoms with E-state index in [0.29, 0.717) is 5.56 Å².